The summed E-state index contributed by atoms with van der Waals surface area (Å²) in [6.07, 6.45) is 1.27. The summed E-state index contributed by atoms with van der Waals surface area (Å²) in [6.45, 7) is -0.680. The Hall–Kier alpha value is -4.49. The molecule has 2 heterocycles. The summed E-state index contributed by atoms with van der Waals surface area (Å²) in [5, 5.41) is 22.8. The van der Waals surface area contributed by atoms with Gasteiger partial charge < -0.3 is 15.8 Å². The van der Waals surface area contributed by atoms with Gasteiger partial charge in [-0.2, -0.15) is 10.4 Å². The first-order chi connectivity index (χ1) is 15.4. The standard InChI is InChI=1S/C22H18N6O4/c23-7-6-16(24)22(32)28(11-18(29)30)13-8-14-19-15(10-25-27-21(14)31)20(26-17(19)9-13)12-4-2-1-3-5-12/h1-5,8-10,16,26H,6,11,24H2,(H,27,31)(H,29,30)/t16-/m0/s1. The minimum absolute atomic E-state index is 0.165. The molecule has 0 spiro atoms. The predicted octanol–water partition coefficient (Wildman–Crippen LogP) is 1.57. The lowest BCUT2D eigenvalue weighted by Gasteiger charge is -2.24. The fourth-order valence-corrected chi connectivity index (χ4v) is 3.67. The molecule has 0 fully saturated rings. The van der Waals surface area contributed by atoms with Crippen molar-refractivity contribution < 1.29 is 19.5 Å². The van der Waals surface area contributed by atoms with Gasteiger partial charge in [0.2, 0.25) is 5.91 Å². The summed E-state index contributed by atoms with van der Waals surface area (Å²) in [6, 6.07) is 13.0. The second-order valence-corrected chi connectivity index (χ2v) is 7.18. The van der Waals surface area contributed by atoms with E-state index in [1.165, 1.54) is 12.3 Å². The number of carbonyl (C=O) groups excluding carboxylic acids is 2. The van der Waals surface area contributed by atoms with Crippen molar-refractivity contribution in [3.05, 3.63) is 53.6 Å². The molecule has 32 heavy (non-hydrogen) atoms. The average molecular weight is 430 g/mol. The van der Waals surface area contributed by atoms with Crippen LogP contribution in [-0.4, -0.2) is 46.7 Å². The van der Waals surface area contributed by atoms with E-state index in [9.17, 15) is 19.5 Å². The number of nitrogens with one attached hydrogen (secondary N) is 2. The largest absolute Gasteiger partial charge is 0.480 e. The minimum Gasteiger partial charge on any atom is -0.480 e. The normalized spacial score (nSPS) is 13.2. The number of hydrogen-bond donors (Lipinski definition) is 4. The Morgan fingerprint density at radius 2 is 2.00 bits per heavy atom. The average Bonchev–Trinajstić information content (AvgIpc) is 3.06. The Labute approximate surface area is 181 Å². The van der Waals surface area contributed by atoms with Crippen LogP contribution in [0, 0.1) is 11.3 Å². The fourth-order valence-electron chi connectivity index (χ4n) is 3.67. The molecule has 5 N–H and O–H groups in total. The van der Waals surface area contributed by atoms with E-state index in [4.69, 9.17) is 11.0 Å². The van der Waals surface area contributed by atoms with Gasteiger partial charge in [0, 0.05) is 22.2 Å². The van der Waals surface area contributed by atoms with Crippen molar-refractivity contribution in [2.24, 2.45) is 10.8 Å². The number of nitrogens with two attached hydrogens (primary N) is 1. The van der Waals surface area contributed by atoms with Crippen molar-refractivity contribution in [1.82, 2.24) is 10.4 Å². The molecule has 0 saturated heterocycles. The number of hydrogen-bond acceptors (Lipinski definition) is 6. The van der Waals surface area contributed by atoms with E-state index in [2.05, 4.69) is 15.5 Å². The molecule has 1 atom stereocenters. The van der Waals surface area contributed by atoms with Crippen molar-refractivity contribution in [3.63, 3.8) is 0 Å². The maximum Gasteiger partial charge on any atom is 0.323 e. The van der Waals surface area contributed by atoms with E-state index in [1.807, 2.05) is 30.3 Å². The summed E-state index contributed by atoms with van der Waals surface area (Å²) in [7, 11) is 0. The molecule has 2 aromatic carbocycles. The van der Waals surface area contributed by atoms with Gasteiger partial charge >= 0.3 is 5.97 Å². The lowest BCUT2D eigenvalue weighted by molar-refractivity contribution is -0.136. The Morgan fingerprint density at radius 1 is 1.25 bits per heavy atom. The number of carboxylic acids is 1. The van der Waals surface area contributed by atoms with E-state index in [0.29, 0.717) is 16.5 Å². The van der Waals surface area contributed by atoms with Gasteiger partial charge in [0.25, 0.3) is 5.91 Å². The van der Waals surface area contributed by atoms with E-state index < -0.39 is 30.4 Å². The second kappa shape index (κ2) is 8.33. The van der Waals surface area contributed by atoms with E-state index in [0.717, 1.165) is 16.2 Å². The smallest absolute Gasteiger partial charge is 0.323 e. The molecule has 0 unspecified atom stereocenters. The number of H-pyrrole nitrogens is 1. The van der Waals surface area contributed by atoms with Crippen LogP contribution in [0.2, 0.25) is 0 Å². The van der Waals surface area contributed by atoms with E-state index >= 15 is 0 Å². The summed E-state index contributed by atoms with van der Waals surface area (Å²) < 4.78 is 0. The molecule has 1 aliphatic rings. The fraction of sp³-hybridized carbons (Fsp3) is 0.136. The number of benzene rings is 2. The van der Waals surface area contributed by atoms with Crippen LogP contribution in [0.5, 0.6) is 0 Å². The monoisotopic (exact) mass is 430 g/mol. The molecule has 3 aromatic rings. The van der Waals surface area contributed by atoms with Crippen LogP contribution in [0.15, 0.2) is 47.6 Å². The van der Waals surface area contributed by atoms with Crippen molar-refractivity contribution in [2.75, 3.05) is 11.4 Å². The third-order valence-electron chi connectivity index (χ3n) is 5.09. The third-order valence-corrected chi connectivity index (χ3v) is 5.09. The lowest BCUT2D eigenvalue weighted by atomic mass is 10.0. The third kappa shape index (κ3) is 3.68. The molecular formula is C22H18N6O4. The molecule has 1 aliphatic heterocycles. The number of amides is 2. The van der Waals surface area contributed by atoms with Crippen LogP contribution in [0.25, 0.3) is 22.2 Å². The number of carbonyl (C=O) groups is 3. The number of aromatic nitrogens is 1. The topological polar surface area (TPSA) is 165 Å². The second-order valence-electron chi connectivity index (χ2n) is 7.18. The van der Waals surface area contributed by atoms with Gasteiger partial charge in [0.05, 0.1) is 36.0 Å². The first kappa shape index (κ1) is 20.8. The Morgan fingerprint density at radius 3 is 2.69 bits per heavy atom. The van der Waals surface area contributed by atoms with E-state index in [1.54, 1.807) is 12.1 Å². The summed E-state index contributed by atoms with van der Waals surface area (Å²) in [5.74, 6) is -2.51. The molecule has 10 heteroatoms. The van der Waals surface area contributed by atoms with Gasteiger partial charge in [-0.3, -0.25) is 19.3 Å². The zero-order valence-corrected chi connectivity index (χ0v) is 16.7. The number of carboxylic acid groups (broad SMARTS) is 1. The first-order valence-corrected chi connectivity index (χ1v) is 9.65. The molecule has 0 radical (unpaired) electrons. The zero-order valence-electron chi connectivity index (χ0n) is 16.7. The van der Waals surface area contributed by atoms with Gasteiger partial charge in [-0.1, -0.05) is 30.3 Å². The molecule has 10 nitrogen and oxygen atoms in total. The first-order valence-electron chi connectivity index (χ1n) is 9.65. The highest BCUT2D eigenvalue weighted by molar-refractivity contribution is 6.18. The summed E-state index contributed by atoms with van der Waals surface area (Å²) in [4.78, 5) is 41.2. The van der Waals surface area contributed by atoms with Crippen LogP contribution in [-0.2, 0) is 9.59 Å². The van der Waals surface area contributed by atoms with Crippen LogP contribution in [0.1, 0.15) is 22.3 Å². The Bertz CT molecular complexity index is 1310. The Kier molecular flexibility index (Phi) is 5.41. The molecule has 1 aromatic heterocycles. The van der Waals surface area contributed by atoms with Crippen LogP contribution in [0.4, 0.5) is 5.69 Å². The molecular weight excluding hydrogens is 412 g/mol. The summed E-state index contributed by atoms with van der Waals surface area (Å²) >= 11 is 0. The SMILES string of the molecule is N#CC[C@H](N)C(=O)N(CC(=O)O)c1cc2c3c(c(-c4ccccc4)[nH]c3c1)C=NNC2=O. The number of nitriles is 1. The lowest BCUT2D eigenvalue weighted by Crippen LogP contribution is -2.46. The molecule has 0 saturated carbocycles. The molecule has 4 rings (SSSR count). The molecule has 0 bridgehead atoms. The zero-order chi connectivity index (χ0) is 22.8. The van der Waals surface area contributed by atoms with Gasteiger partial charge in [-0.15, -0.1) is 0 Å². The number of nitrogens with zero attached hydrogens (tertiary/aromatic N) is 3. The van der Waals surface area contributed by atoms with Crippen molar-refractivity contribution in [2.45, 2.75) is 12.5 Å². The predicted molar refractivity (Wildman–Crippen MR) is 117 cm³/mol. The number of aromatic amines is 1. The van der Waals surface area contributed by atoms with Gasteiger partial charge in [0.1, 0.15) is 6.54 Å². The highest BCUT2D eigenvalue weighted by atomic mass is 16.4. The van der Waals surface area contributed by atoms with Crippen molar-refractivity contribution in [1.29, 1.82) is 5.26 Å². The van der Waals surface area contributed by atoms with Crippen LogP contribution >= 0.6 is 0 Å². The summed E-state index contributed by atoms with van der Waals surface area (Å²) in [5.41, 5.74) is 11.4. The molecule has 160 valence electrons. The van der Waals surface area contributed by atoms with E-state index in [-0.39, 0.29) is 17.7 Å². The molecule has 2 amide bonds. The number of hydrazone groups is 1. The van der Waals surface area contributed by atoms with Crippen molar-refractivity contribution >= 4 is 40.6 Å². The molecule has 0 aliphatic carbocycles. The Balaban J connectivity index is 1.93. The maximum absolute atomic E-state index is 12.8. The number of anilines is 1. The van der Waals surface area contributed by atoms with Crippen molar-refractivity contribution in [3.8, 4) is 17.3 Å². The van der Waals surface area contributed by atoms with Gasteiger partial charge in [0.15, 0.2) is 0 Å². The van der Waals surface area contributed by atoms with Crippen LogP contribution in [0.3, 0.4) is 0 Å². The van der Waals surface area contributed by atoms with Gasteiger partial charge in [-0.05, 0) is 17.7 Å². The minimum atomic E-state index is -1.27. The highest BCUT2D eigenvalue weighted by Crippen LogP contribution is 2.35. The maximum atomic E-state index is 12.8. The number of aliphatic carboxylic acids is 1. The van der Waals surface area contributed by atoms with Crippen LogP contribution < -0.4 is 16.1 Å². The quantitative estimate of drug-likeness (QED) is 0.463. The number of rotatable bonds is 6. The van der Waals surface area contributed by atoms with Gasteiger partial charge in [-0.25, -0.2) is 5.43 Å². The highest BCUT2D eigenvalue weighted by Gasteiger charge is 2.28.